The number of hydrogen-bond donors (Lipinski definition) is 2. The van der Waals surface area contributed by atoms with Gasteiger partial charge < -0.3 is 15.4 Å². The van der Waals surface area contributed by atoms with Crippen LogP contribution in [0.4, 0.5) is 0 Å². The van der Waals surface area contributed by atoms with E-state index in [1.54, 1.807) is 7.11 Å². The van der Waals surface area contributed by atoms with Crippen LogP contribution >= 0.6 is 0 Å². The van der Waals surface area contributed by atoms with Crippen LogP contribution in [0.5, 0.6) is 0 Å². The summed E-state index contributed by atoms with van der Waals surface area (Å²) >= 11 is 0. The van der Waals surface area contributed by atoms with Crippen LogP contribution in [0.15, 0.2) is 0 Å². The summed E-state index contributed by atoms with van der Waals surface area (Å²) in [5.74, 6) is 2.56. The lowest BCUT2D eigenvalue weighted by Crippen LogP contribution is -2.30. The van der Waals surface area contributed by atoms with Crippen molar-refractivity contribution in [3.8, 4) is 12.3 Å². The maximum Gasteiger partial charge on any atom is 0.221 e. The molecule has 0 aromatic heterocycles. The van der Waals surface area contributed by atoms with Gasteiger partial charge in [-0.05, 0) is 0 Å². The number of carbonyl (C=O) groups is 1. The van der Waals surface area contributed by atoms with Crippen molar-refractivity contribution < 1.29 is 9.53 Å². The average Bonchev–Trinajstić information content (AvgIpc) is 2.18. The number of hydrogen-bond acceptors (Lipinski definition) is 3. The van der Waals surface area contributed by atoms with E-state index in [1.807, 2.05) is 0 Å². The number of carbonyl (C=O) groups excluding carboxylic acids is 1. The molecule has 0 rings (SSSR count). The number of terminal acetylenes is 1. The molecule has 0 heterocycles. The van der Waals surface area contributed by atoms with Gasteiger partial charge in [0.1, 0.15) is 0 Å². The van der Waals surface area contributed by atoms with Crippen molar-refractivity contribution in [2.24, 2.45) is 0 Å². The van der Waals surface area contributed by atoms with Crippen LogP contribution in [0, 0.1) is 12.3 Å². The smallest absolute Gasteiger partial charge is 0.221 e. The van der Waals surface area contributed by atoms with Crippen molar-refractivity contribution in [1.29, 1.82) is 0 Å². The molecule has 0 saturated carbocycles. The number of ether oxygens (including phenoxy) is 1. The molecule has 80 valence electrons. The van der Waals surface area contributed by atoms with Crippen LogP contribution in [0.2, 0.25) is 0 Å². The summed E-state index contributed by atoms with van der Waals surface area (Å²) in [7, 11) is 1.60. The minimum absolute atomic E-state index is 0.0373. The molecule has 0 atom stereocenters. The van der Waals surface area contributed by atoms with E-state index in [9.17, 15) is 4.79 Å². The fourth-order valence-corrected chi connectivity index (χ4v) is 0.868. The molecule has 0 aromatic rings. The Morgan fingerprint density at radius 2 is 2.21 bits per heavy atom. The highest BCUT2D eigenvalue weighted by Gasteiger charge is 1.98. The molecular formula is C10H18N2O2. The molecule has 0 aliphatic rings. The summed E-state index contributed by atoms with van der Waals surface area (Å²) in [6.07, 6.45) is 6.25. The Balaban J connectivity index is 3.15. The number of nitrogens with one attached hydrogen (secondary N) is 2. The van der Waals surface area contributed by atoms with E-state index in [1.165, 1.54) is 0 Å². The largest absolute Gasteiger partial charge is 0.383 e. The highest BCUT2D eigenvalue weighted by atomic mass is 16.5. The van der Waals surface area contributed by atoms with Gasteiger partial charge in [-0.15, -0.1) is 12.3 Å². The lowest BCUT2D eigenvalue weighted by atomic mass is 10.3. The van der Waals surface area contributed by atoms with Gasteiger partial charge in [0.15, 0.2) is 0 Å². The van der Waals surface area contributed by atoms with Gasteiger partial charge in [-0.25, -0.2) is 0 Å². The Kier molecular flexibility index (Phi) is 9.28. The lowest BCUT2D eigenvalue weighted by molar-refractivity contribution is -0.121. The van der Waals surface area contributed by atoms with Gasteiger partial charge in [-0.2, -0.15) is 0 Å². The van der Waals surface area contributed by atoms with Crippen LogP contribution in [-0.4, -0.2) is 39.3 Å². The zero-order chi connectivity index (χ0) is 10.6. The van der Waals surface area contributed by atoms with Gasteiger partial charge in [-0.3, -0.25) is 4.79 Å². The fourth-order valence-electron chi connectivity index (χ4n) is 0.868. The van der Waals surface area contributed by atoms with Gasteiger partial charge in [0.05, 0.1) is 6.61 Å². The lowest BCUT2D eigenvalue weighted by Gasteiger charge is -2.04. The van der Waals surface area contributed by atoms with Crippen molar-refractivity contribution in [2.45, 2.75) is 12.8 Å². The van der Waals surface area contributed by atoms with E-state index in [0.29, 0.717) is 32.5 Å². The van der Waals surface area contributed by atoms with Crippen molar-refractivity contribution in [1.82, 2.24) is 10.6 Å². The second kappa shape index (κ2) is 10.0. The first kappa shape index (κ1) is 12.9. The van der Waals surface area contributed by atoms with Gasteiger partial charge in [0, 0.05) is 39.6 Å². The first-order chi connectivity index (χ1) is 6.81. The summed E-state index contributed by atoms with van der Waals surface area (Å²) < 4.78 is 4.80. The van der Waals surface area contributed by atoms with E-state index >= 15 is 0 Å². The normalized spacial score (nSPS) is 9.43. The molecule has 0 fully saturated rings. The third-order valence-corrected chi connectivity index (χ3v) is 1.60. The highest BCUT2D eigenvalue weighted by molar-refractivity contribution is 5.75. The van der Waals surface area contributed by atoms with Crippen LogP contribution in [-0.2, 0) is 9.53 Å². The van der Waals surface area contributed by atoms with Crippen molar-refractivity contribution in [3.63, 3.8) is 0 Å². The molecule has 0 unspecified atom stereocenters. The summed E-state index contributed by atoms with van der Waals surface area (Å²) in [5, 5.41) is 5.80. The van der Waals surface area contributed by atoms with Crippen molar-refractivity contribution in [3.05, 3.63) is 0 Å². The topological polar surface area (TPSA) is 50.4 Å². The summed E-state index contributed by atoms with van der Waals surface area (Å²) in [6.45, 7) is 2.55. The predicted octanol–water partition coefficient (Wildman–Crippen LogP) is -0.248. The maximum absolute atomic E-state index is 11.1. The average molecular weight is 198 g/mol. The first-order valence-electron chi connectivity index (χ1n) is 4.71. The van der Waals surface area contributed by atoms with Crippen molar-refractivity contribution >= 4 is 5.91 Å². The molecule has 0 spiro atoms. The quantitative estimate of drug-likeness (QED) is 0.418. The highest BCUT2D eigenvalue weighted by Crippen LogP contribution is 1.78. The molecule has 2 N–H and O–H groups in total. The van der Waals surface area contributed by atoms with Crippen LogP contribution in [0.1, 0.15) is 12.8 Å². The molecule has 0 saturated heterocycles. The first-order valence-corrected chi connectivity index (χ1v) is 4.71. The summed E-state index contributed by atoms with van der Waals surface area (Å²) in [5.41, 5.74) is 0. The molecule has 0 aliphatic carbocycles. The van der Waals surface area contributed by atoms with Gasteiger partial charge in [0.25, 0.3) is 0 Å². The Morgan fingerprint density at radius 1 is 1.43 bits per heavy atom. The molecule has 0 aliphatic heterocycles. The molecule has 0 aromatic carbocycles. The monoisotopic (exact) mass is 198 g/mol. The van der Waals surface area contributed by atoms with Crippen molar-refractivity contribution in [2.75, 3.05) is 33.4 Å². The number of rotatable bonds is 8. The second-order valence-corrected chi connectivity index (χ2v) is 2.80. The minimum atomic E-state index is 0.0373. The van der Waals surface area contributed by atoms with E-state index in [4.69, 9.17) is 11.2 Å². The fraction of sp³-hybridized carbons (Fsp3) is 0.700. The van der Waals surface area contributed by atoms with Crippen LogP contribution in [0.25, 0.3) is 0 Å². The standard InChI is InChI=1S/C10H18N2O2/c1-3-4-6-11-7-5-10(13)12-8-9-14-2/h1,11H,4-9H2,2H3,(H,12,13). The number of methoxy groups -OCH3 is 1. The van der Waals surface area contributed by atoms with Crippen LogP contribution < -0.4 is 10.6 Å². The molecule has 0 bridgehead atoms. The third kappa shape index (κ3) is 9.04. The van der Waals surface area contributed by atoms with E-state index < -0.39 is 0 Å². The molecule has 0 radical (unpaired) electrons. The Hall–Kier alpha value is -1.05. The van der Waals surface area contributed by atoms with E-state index in [2.05, 4.69) is 16.6 Å². The summed E-state index contributed by atoms with van der Waals surface area (Å²) in [4.78, 5) is 11.1. The predicted molar refractivity (Wildman–Crippen MR) is 55.8 cm³/mol. The summed E-state index contributed by atoms with van der Waals surface area (Å²) in [6, 6.07) is 0. The third-order valence-electron chi connectivity index (χ3n) is 1.60. The zero-order valence-electron chi connectivity index (χ0n) is 8.64. The molecular weight excluding hydrogens is 180 g/mol. The Labute approximate surface area is 85.4 Å². The van der Waals surface area contributed by atoms with Gasteiger partial charge >= 0.3 is 0 Å². The minimum Gasteiger partial charge on any atom is -0.383 e. The SMILES string of the molecule is C#CCCNCCC(=O)NCCOC. The van der Waals surface area contributed by atoms with Gasteiger partial charge in [0.2, 0.25) is 5.91 Å². The van der Waals surface area contributed by atoms with E-state index in [-0.39, 0.29) is 5.91 Å². The zero-order valence-corrected chi connectivity index (χ0v) is 8.64. The molecule has 14 heavy (non-hydrogen) atoms. The maximum atomic E-state index is 11.1. The molecule has 1 amide bonds. The van der Waals surface area contributed by atoms with E-state index in [0.717, 1.165) is 6.54 Å². The Morgan fingerprint density at radius 3 is 2.86 bits per heavy atom. The molecule has 4 heteroatoms. The van der Waals surface area contributed by atoms with Gasteiger partial charge in [-0.1, -0.05) is 0 Å². The molecule has 4 nitrogen and oxygen atoms in total. The Bertz CT molecular complexity index is 187. The van der Waals surface area contributed by atoms with Crippen LogP contribution in [0.3, 0.4) is 0 Å². The second-order valence-electron chi connectivity index (χ2n) is 2.80. The number of amides is 1.